The van der Waals surface area contributed by atoms with Crippen molar-refractivity contribution >= 4 is 43.0 Å². The van der Waals surface area contributed by atoms with E-state index in [9.17, 15) is 8.42 Å². The SMILES string of the molecule is Nc1ccc(S(=O)(=O)Nc2ccc3sccc3c2)cn1. The van der Waals surface area contributed by atoms with Crippen LogP contribution in [0, 0.1) is 0 Å². The van der Waals surface area contributed by atoms with E-state index in [2.05, 4.69) is 9.71 Å². The normalized spacial score (nSPS) is 11.6. The number of pyridine rings is 1. The zero-order valence-electron chi connectivity index (χ0n) is 10.3. The van der Waals surface area contributed by atoms with Gasteiger partial charge in [0.25, 0.3) is 10.0 Å². The summed E-state index contributed by atoms with van der Waals surface area (Å²) in [4.78, 5) is 3.87. The molecule has 2 aromatic heterocycles. The molecule has 0 fully saturated rings. The first-order chi connectivity index (χ1) is 9.54. The second-order valence-corrected chi connectivity index (χ2v) is 6.83. The number of nitrogens with one attached hydrogen (secondary N) is 1. The maximum Gasteiger partial charge on any atom is 0.263 e. The summed E-state index contributed by atoms with van der Waals surface area (Å²) in [5.74, 6) is 0.281. The van der Waals surface area contributed by atoms with E-state index >= 15 is 0 Å². The highest BCUT2D eigenvalue weighted by atomic mass is 32.2. The molecule has 0 radical (unpaired) electrons. The molecule has 5 nitrogen and oxygen atoms in total. The van der Waals surface area contributed by atoms with Gasteiger partial charge in [0, 0.05) is 16.6 Å². The van der Waals surface area contributed by atoms with E-state index in [0.717, 1.165) is 10.1 Å². The van der Waals surface area contributed by atoms with E-state index in [-0.39, 0.29) is 10.7 Å². The number of nitrogens with zero attached hydrogens (tertiary/aromatic N) is 1. The molecule has 0 saturated carbocycles. The Bertz CT molecular complexity index is 855. The number of nitrogen functional groups attached to an aromatic ring is 1. The van der Waals surface area contributed by atoms with Gasteiger partial charge in [0.2, 0.25) is 0 Å². The van der Waals surface area contributed by atoms with Crippen molar-refractivity contribution in [1.82, 2.24) is 4.98 Å². The van der Waals surface area contributed by atoms with E-state index in [1.807, 2.05) is 17.5 Å². The van der Waals surface area contributed by atoms with Crippen molar-refractivity contribution in [3.8, 4) is 0 Å². The number of fused-ring (bicyclic) bond motifs is 1. The van der Waals surface area contributed by atoms with Gasteiger partial charge in [-0.25, -0.2) is 13.4 Å². The number of nitrogens with two attached hydrogens (primary N) is 1. The van der Waals surface area contributed by atoms with E-state index in [0.29, 0.717) is 5.69 Å². The van der Waals surface area contributed by atoms with Crippen molar-refractivity contribution in [2.24, 2.45) is 0 Å². The maximum absolute atomic E-state index is 12.2. The summed E-state index contributed by atoms with van der Waals surface area (Å²) in [7, 11) is -3.65. The van der Waals surface area contributed by atoms with Gasteiger partial charge in [-0.3, -0.25) is 4.72 Å². The summed E-state index contributed by atoms with van der Waals surface area (Å²) in [6.45, 7) is 0. The molecule has 3 N–H and O–H groups in total. The zero-order valence-corrected chi connectivity index (χ0v) is 11.9. The van der Waals surface area contributed by atoms with Gasteiger partial charge in [-0.05, 0) is 47.2 Å². The molecule has 0 atom stereocenters. The highest BCUT2D eigenvalue weighted by Crippen LogP contribution is 2.25. The smallest absolute Gasteiger partial charge is 0.263 e. The van der Waals surface area contributed by atoms with Gasteiger partial charge in [0.05, 0.1) is 0 Å². The molecule has 0 amide bonds. The van der Waals surface area contributed by atoms with Crippen LogP contribution >= 0.6 is 11.3 Å². The van der Waals surface area contributed by atoms with Gasteiger partial charge in [0.15, 0.2) is 0 Å². The van der Waals surface area contributed by atoms with Gasteiger partial charge in [-0.1, -0.05) is 0 Å². The molecule has 0 aliphatic rings. The molecule has 0 aliphatic heterocycles. The van der Waals surface area contributed by atoms with Crippen LogP contribution in [-0.4, -0.2) is 13.4 Å². The summed E-state index contributed by atoms with van der Waals surface area (Å²) in [5.41, 5.74) is 5.97. The van der Waals surface area contributed by atoms with Crippen LogP contribution < -0.4 is 10.5 Å². The van der Waals surface area contributed by atoms with Crippen molar-refractivity contribution in [2.45, 2.75) is 4.90 Å². The molecular formula is C13H11N3O2S2. The van der Waals surface area contributed by atoms with Crippen molar-refractivity contribution in [3.63, 3.8) is 0 Å². The first-order valence-electron chi connectivity index (χ1n) is 5.76. The van der Waals surface area contributed by atoms with Crippen molar-refractivity contribution in [2.75, 3.05) is 10.5 Å². The van der Waals surface area contributed by atoms with Crippen LogP contribution in [0.4, 0.5) is 11.5 Å². The largest absolute Gasteiger partial charge is 0.384 e. The minimum Gasteiger partial charge on any atom is -0.384 e. The van der Waals surface area contributed by atoms with Crippen LogP contribution in [0.2, 0.25) is 0 Å². The fourth-order valence-corrected chi connectivity index (χ4v) is 3.56. The number of anilines is 2. The van der Waals surface area contributed by atoms with Gasteiger partial charge < -0.3 is 5.73 Å². The summed E-state index contributed by atoms with van der Waals surface area (Å²) >= 11 is 1.61. The minimum absolute atomic E-state index is 0.0807. The molecular weight excluding hydrogens is 294 g/mol. The summed E-state index contributed by atoms with van der Waals surface area (Å²) in [6.07, 6.45) is 1.24. The molecule has 3 aromatic rings. The molecule has 0 unspecified atom stereocenters. The van der Waals surface area contributed by atoms with Crippen LogP contribution in [-0.2, 0) is 10.0 Å². The monoisotopic (exact) mass is 305 g/mol. The van der Waals surface area contributed by atoms with E-state index in [1.54, 1.807) is 23.5 Å². The number of sulfonamides is 1. The number of benzene rings is 1. The van der Waals surface area contributed by atoms with Crippen LogP contribution in [0.3, 0.4) is 0 Å². The topological polar surface area (TPSA) is 85.1 Å². The number of hydrogen-bond donors (Lipinski definition) is 2. The molecule has 2 heterocycles. The first kappa shape index (κ1) is 12.9. The predicted molar refractivity (Wildman–Crippen MR) is 81.3 cm³/mol. The zero-order chi connectivity index (χ0) is 14.2. The Balaban J connectivity index is 1.94. The van der Waals surface area contributed by atoms with E-state index in [4.69, 9.17) is 5.73 Å². The predicted octanol–water partition coefficient (Wildman–Crippen LogP) is 2.68. The van der Waals surface area contributed by atoms with Crippen LogP contribution in [0.25, 0.3) is 10.1 Å². The molecule has 0 spiro atoms. The quantitative estimate of drug-likeness (QED) is 0.779. The fourth-order valence-electron chi connectivity index (χ4n) is 1.79. The first-order valence-corrected chi connectivity index (χ1v) is 8.12. The third kappa shape index (κ3) is 2.45. The highest BCUT2D eigenvalue weighted by molar-refractivity contribution is 7.92. The van der Waals surface area contributed by atoms with Crippen LogP contribution in [0.1, 0.15) is 0 Å². The lowest BCUT2D eigenvalue weighted by Crippen LogP contribution is -2.13. The van der Waals surface area contributed by atoms with Crippen molar-refractivity contribution < 1.29 is 8.42 Å². The lowest BCUT2D eigenvalue weighted by atomic mass is 10.2. The maximum atomic E-state index is 12.2. The van der Waals surface area contributed by atoms with E-state index < -0.39 is 10.0 Å². The molecule has 102 valence electrons. The Morgan fingerprint density at radius 1 is 1.15 bits per heavy atom. The Kier molecular flexibility index (Phi) is 3.07. The number of hydrogen-bond acceptors (Lipinski definition) is 5. The van der Waals surface area contributed by atoms with E-state index in [1.165, 1.54) is 18.3 Å². The standard InChI is InChI=1S/C13H11N3O2S2/c14-13-4-2-11(8-15-13)20(17,18)16-10-1-3-12-9(7-10)5-6-19-12/h1-8,16H,(H2,14,15). The van der Waals surface area contributed by atoms with Crippen LogP contribution in [0.15, 0.2) is 52.9 Å². The van der Waals surface area contributed by atoms with Gasteiger partial charge in [0.1, 0.15) is 10.7 Å². The Morgan fingerprint density at radius 2 is 2.00 bits per heavy atom. The molecule has 3 rings (SSSR count). The summed E-state index contributed by atoms with van der Waals surface area (Å²) in [5, 5.41) is 2.97. The number of rotatable bonds is 3. The molecule has 1 aromatic carbocycles. The average molecular weight is 305 g/mol. The van der Waals surface area contributed by atoms with Crippen molar-refractivity contribution in [3.05, 3.63) is 48.0 Å². The molecule has 20 heavy (non-hydrogen) atoms. The Hall–Kier alpha value is -2.12. The van der Waals surface area contributed by atoms with Crippen molar-refractivity contribution in [1.29, 1.82) is 0 Å². The average Bonchev–Trinajstić information content (AvgIpc) is 2.86. The number of thiophene rings is 1. The van der Waals surface area contributed by atoms with Gasteiger partial charge in [-0.2, -0.15) is 0 Å². The molecule has 0 saturated heterocycles. The number of aromatic nitrogens is 1. The minimum atomic E-state index is -3.65. The fraction of sp³-hybridized carbons (Fsp3) is 0. The van der Waals surface area contributed by atoms with Gasteiger partial charge in [-0.15, -0.1) is 11.3 Å². The second-order valence-electron chi connectivity index (χ2n) is 4.20. The lowest BCUT2D eigenvalue weighted by molar-refractivity contribution is 0.601. The summed E-state index contributed by atoms with van der Waals surface area (Å²) in [6, 6.07) is 10.3. The molecule has 0 bridgehead atoms. The molecule has 0 aliphatic carbocycles. The van der Waals surface area contributed by atoms with Gasteiger partial charge >= 0.3 is 0 Å². The highest BCUT2D eigenvalue weighted by Gasteiger charge is 2.14. The Labute approximate surface area is 120 Å². The Morgan fingerprint density at radius 3 is 2.75 bits per heavy atom. The third-order valence-corrected chi connectivity index (χ3v) is 5.04. The summed E-state index contributed by atoms with van der Waals surface area (Å²) < 4.78 is 28.0. The van der Waals surface area contributed by atoms with Crippen LogP contribution in [0.5, 0.6) is 0 Å². The molecule has 7 heteroatoms. The third-order valence-electron chi connectivity index (χ3n) is 2.77. The second kappa shape index (κ2) is 4.77. The lowest BCUT2D eigenvalue weighted by Gasteiger charge is -2.08.